The molecule has 0 aromatic heterocycles. The first-order chi connectivity index (χ1) is 13.2. The second-order valence-corrected chi connectivity index (χ2v) is 7.34. The van der Waals surface area contributed by atoms with Crippen LogP contribution >= 0.6 is 0 Å². The van der Waals surface area contributed by atoms with E-state index >= 15 is 0 Å². The van der Waals surface area contributed by atoms with Gasteiger partial charge < -0.3 is 9.64 Å². The molecule has 3 rings (SSSR count). The number of nitrogens with zero attached hydrogens (tertiary/aromatic N) is 2. The molecule has 1 amide bonds. The number of anilines is 1. The molecule has 1 saturated carbocycles. The van der Waals surface area contributed by atoms with Gasteiger partial charge in [-0.25, -0.2) is 0 Å². The fraction of sp³-hybridized carbons (Fsp3) is 0.591. The Morgan fingerprint density at radius 2 is 1.78 bits per heavy atom. The largest absolute Gasteiger partial charge is 0.451 e. The Bertz CT molecular complexity index is 646. The lowest BCUT2D eigenvalue weighted by atomic mass is 9.96. The van der Waals surface area contributed by atoms with E-state index in [4.69, 9.17) is 4.74 Å². The Kier molecular flexibility index (Phi) is 6.78. The number of amides is 1. The van der Waals surface area contributed by atoms with E-state index in [2.05, 4.69) is 48.3 Å². The Hall–Kier alpha value is -2.01. The first kappa shape index (κ1) is 19.7. The maximum atomic E-state index is 12.7. The van der Waals surface area contributed by atoms with Crippen LogP contribution in [-0.4, -0.2) is 42.8 Å². The number of rotatable bonds is 7. The van der Waals surface area contributed by atoms with Crippen molar-refractivity contribution in [1.82, 2.24) is 10.2 Å². The van der Waals surface area contributed by atoms with Crippen molar-refractivity contribution in [2.24, 2.45) is 0 Å². The first-order valence-electron chi connectivity index (χ1n) is 10.5. The third-order valence-corrected chi connectivity index (χ3v) is 5.64. The molecule has 1 aliphatic heterocycles. The van der Waals surface area contributed by atoms with Crippen molar-refractivity contribution >= 4 is 17.7 Å². The van der Waals surface area contributed by atoms with Crippen molar-refractivity contribution in [3.63, 3.8) is 0 Å². The van der Waals surface area contributed by atoms with E-state index in [1.165, 1.54) is 24.9 Å². The Morgan fingerprint density at radius 3 is 2.37 bits per heavy atom. The molecular weight excluding hydrogens is 338 g/mol. The first-order valence-corrected chi connectivity index (χ1v) is 10.5. The molecule has 0 bridgehead atoms. The molecule has 2 fully saturated rings. The number of benzene rings is 1. The molecule has 1 unspecified atom stereocenters. The molecule has 2 aliphatic rings. The summed E-state index contributed by atoms with van der Waals surface area (Å²) in [6.45, 7) is 8.92. The van der Waals surface area contributed by atoms with Gasteiger partial charge in [-0.3, -0.25) is 15.0 Å². The number of nitrogens with one attached hydrogen (secondary N) is 1. The van der Waals surface area contributed by atoms with Gasteiger partial charge in [0, 0.05) is 31.4 Å². The van der Waals surface area contributed by atoms with Gasteiger partial charge in [-0.05, 0) is 57.4 Å². The number of carbonyl (C=O) groups excluding carboxylic acids is 1. The summed E-state index contributed by atoms with van der Waals surface area (Å²) in [4.78, 5) is 16.8. The van der Waals surface area contributed by atoms with Gasteiger partial charge in [0.1, 0.15) is 0 Å². The van der Waals surface area contributed by atoms with Crippen LogP contribution in [0, 0.1) is 0 Å². The summed E-state index contributed by atoms with van der Waals surface area (Å²) >= 11 is 0. The lowest BCUT2D eigenvalue weighted by molar-refractivity contribution is -0.127. The van der Waals surface area contributed by atoms with Gasteiger partial charge in [0.05, 0.1) is 0 Å². The Balaban J connectivity index is 1.70. The summed E-state index contributed by atoms with van der Waals surface area (Å²) in [5.41, 5.74) is 2.19. The highest BCUT2D eigenvalue weighted by molar-refractivity contribution is 5.97. The molecule has 27 heavy (non-hydrogen) atoms. The second kappa shape index (κ2) is 9.27. The number of ether oxygens (including phenoxy) is 1. The van der Waals surface area contributed by atoms with Crippen LogP contribution in [0.5, 0.6) is 0 Å². The topological polar surface area (TPSA) is 44.8 Å². The molecule has 5 nitrogen and oxygen atoms in total. The molecular formula is C22H33N3O2. The average Bonchev–Trinajstić information content (AvgIpc) is 2.99. The molecule has 1 saturated heterocycles. The second-order valence-electron chi connectivity index (χ2n) is 7.34. The SMILES string of the molecule is CCN(CC)c1ccc(/C=C2/OC(NC3CCCCC3)N(CC)C2=O)cc1. The number of hydrogen-bond acceptors (Lipinski definition) is 4. The molecule has 1 aromatic carbocycles. The summed E-state index contributed by atoms with van der Waals surface area (Å²) < 4.78 is 6.02. The maximum absolute atomic E-state index is 12.7. The molecule has 0 spiro atoms. The Labute approximate surface area is 163 Å². The predicted molar refractivity (Wildman–Crippen MR) is 110 cm³/mol. The van der Waals surface area contributed by atoms with Gasteiger partial charge >= 0.3 is 0 Å². The van der Waals surface area contributed by atoms with Crippen molar-refractivity contribution in [2.75, 3.05) is 24.5 Å². The van der Waals surface area contributed by atoms with Crippen molar-refractivity contribution in [3.8, 4) is 0 Å². The number of hydrogen-bond donors (Lipinski definition) is 1. The van der Waals surface area contributed by atoms with Crippen molar-refractivity contribution in [2.45, 2.75) is 65.3 Å². The molecule has 148 valence electrons. The summed E-state index contributed by atoms with van der Waals surface area (Å²) in [6.07, 6.45) is 7.67. The van der Waals surface area contributed by atoms with Gasteiger partial charge in [0.25, 0.3) is 5.91 Å². The quantitative estimate of drug-likeness (QED) is 0.737. The van der Waals surface area contributed by atoms with Gasteiger partial charge in [-0.15, -0.1) is 0 Å². The van der Waals surface area contributed by atoms with Crippen LogP contribution in [0.3, 0.4) is 0 Å². The highest BCUT2D eigenvalue weighted by Crippen LogP contribution is 2.25. The van der Waals surface area contributed by atoms with Crippen LogP contribution in [0.15, 0.2) is 30.0 Å². The molecule has 1 aromatic rings. The van der Waals surface area contributed by atoms with E-state index < -0.39 is 0 Å². The van der Waals surface area contributed by atoms with E-state index in [0.717, 1.165) is 31.5 Å². The van der Waals surface area contributed by atoms with Crippen LogP contribution in [0.1, 0.15) is 58.4 Å². The van der Waals surface area contributed by atoms with Crippen molar-refractivity contribution in [1.29, 1.82) is 0 Å². The van der Waals surface area contributed by atoms with Crippen LogP contribution in [0.2, 0.25) is 0 Å². The van der Waals surface area contributed by atoms with Gasteiger partial charge in [0.2, 0.25) is 6.35 Å². The summed E-state index contributed by atoms with van der Waals surface area (Å²) in [6, 6.07) is 8.76. The van der Waals surface area contributed by atoms with E-state index in [1.54, 1.807) is 4.90 Å². The minimum absolute atomic E-state index is 0.0290. The van der Waals surface area contributed by atoms with E-state index in [1.807, 2.05) is 13.0 Å². The Morgan fingerprint density at radius 1 is 1.11 bits per heavy atom. The zero-order valence-corrected chi connectivity index (χ0v) is 16.9. The smallest absolute Gasteiger partial charge is 0.293 e. The third-order valence-electron chi connectivity index (χ3n) is 5.64. The minimum Gasteiger partial charge on any atom is -0.451 e. The standard InChI is InChI=1S/C22H33N3O2/c1-4-24(5-2)19-14-12-17(13-15-19)16-20-21(26)25(6-3)22(27-20)23-18-10-8-7-9-11-18/h12-16,18,22-23H,4-11H2,1-3H3/b20-16+. The van der Waals surface area contributed by atoms with Crippen LogP contribution in [-0.2, 0) is 9.53 Å². The molecule has 0 radical (unpaired) electrons. The predicted octanol–water partition coefficient (Wildman–Crippen LogP) is 3.96. The zero-order chi connectivity index (χ0) is 19.2. The van der Waals surface area contributed by atoms with E-state index in [0.29, 0.717) is 18.3 Å². The summed E-state index contributed by atoms with van der Waals surface area (Å²) in [5, 5.41) is 3.54. The van der Waals surface area contributed by atoms with Crippen molar-refractivity contribution in [3.05, 3.63) is 35.6 Å². The molecule has 5 heteroatoms. The number of likely N-dealkylation sites (N-methyl/N-ethyl adjacent to an activating group) is 1. The maximum Gasteiger partial charge on any atom is 0.293 e. The summed E-state index contributed by atoms with van der Waals surface area (Å²) in [5.74, 6) is 0.402. The molecule has 1 atom stereocenters. The fourth-order valence-corrected chi connectivity index (χ4v) is 4.00. The number of carbonyl (C=O) groups is 1. The van der Waals surface area contributed by atoms with Crippen LogP contribution in [0.4, 0.5) is 5.69 Å². The van der Waals surface area contributed by atoms with Gasteiger partial charge in [-0.1, -0.05) is 31.4 Å². The van der Waals surface area contributed by atoms with Crippen LogP contribution in [0.25, 0.3) is 6.08 Å². The molecule has 1 heterocycles. The normalized spacial score (nSPS) is 22.3. The van der Waals surface area contributed by atoms with Crippen LogP contribution < -0.4 is 10.2 Å². The summed E-state index contributed by atoms with van der Waals surface area (Å²) in [7, 11) is 0. The highest BCUT2D eigenvalue weighted by atomic mass is 16.5. The molecule has 1 N–H and O–H groups in total. The monoisotopic (exact) mass is 371 g/mol. The van der Waals surface area contributed by atoms with Gasteiger partial charge in [-0.2, -0.15) is 0 Å². The van der Waals surface area contributed by atoms with Gasteiger partial charge in [0.15, 0.2) is 5.76 Å². The lowest BCUT2D eigenvalue weighted by Gasteiger charge is -2.29. The van der Waals surface area contributed by atoms with E-state index in [9.17, 15) is 4.79 Å². The highest BCUT2D eigenvalue weighted by Gasteiger charge is 2.37. The average molecular weight is 372 g/mol. The zero-order valence-electron chi connectivity index (χ0n) is 16.9. The lowest BCUT2D eigenvalue weighted by Crippen LogP contribution is -2.48. The fourth-order valence-electron chi connectivity index (χ4n) is 4.00. The van der Waals surface area contributed by atoms with E-state index in [-0.39, 0.29) is 12.3 Å². The van der Waals surface area contributed by atoms with Crippen molar-refractivity contribution < 1.29 is 9.53 Å². The molecule has 1 aliphatic carbocycles. The minimum atomic E-state index is -0.341. The third kappa shape index (κ3) is 4.64.